The molecule has 2 heteroatoms. The number of hydrogen-bond donors (Lipinski definition) is 0. The minimum Gasteiger partial charge on any atom is -0.479 e. The molecular formula is C31H25NO. The van der Waals surface area contributed by atoms with Gasteiger partial charge in [0.05, 0.1) is 11.4 Å². The normalized spacial score (nSPS) is 14.3. The number of hydrogen-bond acceptors (Lipinski definition) is 1. The van der Waals surface area contributed by atoms with Crippen LogP contribution in [0.1, 0.15) is 28.5 Å². The predicted octanol–water partition coefficient (Wildman–Crippen LogP) is 7.66. The van der Waals surface area contributed by atoms with Crippen molar-refractivity contribution in [3.63, 3.8) is 0 Å². The Hall–Kier alpha value is -4.04. The summed E-state index contributed by atoms with van der Waals surface area (Å²) in [7, 11) is 0. The number of rotatable bonds is 4. The molecule has 6 rings (SSSR count). The molecule has 0 aliphatic carbocycles. The topological polar surface area (TPSA) is 14.2 Å². The largest absolute Gasteiger partial charge is 0.479 e. The molecule has 0 amide bonds. The fourth-order valence-electron chi connectivity index (χ4n) is 5.09. The summed E-state index contributed by atoms with van der Waals surface area (Å²) in [5.74, 6) is 0.943. The molecule has 2 nitrogen and oxygen atoms in total. The molecule has 160 valence electrons. The third-order valence-corrected chi connectivity index (χ3v) is 6.53. The zero-order valence-corrected chi connectivity index (χ0v) is 18.6. The summed E-state index contributed by atoms with van der Waals surface area (Å²) in [6, 6.07) is 40.4. The van der Waals surface area contributed by atoms with Crippen molar-refractivity contribution in [3.05, 3.63) is 138 Å². The van der Waals surface area contributed by atoms with E-state index in [0.717, 1.165) is 12.3 Å². The predicted molar refractivity (Wildman–Crippen MR) is 134 cm³/mol. The molecule has 1 aromatic heterocycles. The first-order valence-corrected chi connectivity index (χ1v) is 11.4. The van der Waals surface area contributed by atoms with Gasteiger partial charge in [-0.3, -0.25) is 0 Å². The summed E-state index contributed by atoms with van der Waals surface area (Å²) in [6.07, 6.45) is -0.170. The second-order valence-electron chi connectivity index (χ2n) is 8.58. The van der Waals surface area contributed by atoms with Crippen molar-refractivity contribution in [1.82, 2.24) is 4.57 Å². The van der Waals surface area contributed by atoms with Crippen LogP contribution in [0, 0.1) is 6.92 Å². The lowest BCUT2D eigenvalue weighted by Crippen LogP contribution is -2.19. The molecule has 0 unspecified atom stereocenters. The van der Waals surface area contributed by atoms with E-state index in [2.05, 4.69) is 127 Å². The SMILES string of the molecule is Cc1c2c(n(Cc3ccccc3)c1-c1ccccc1)[C@H](c1ccccc1)Oc1ccccc1-2. The Morgan fingerprint density at radius 2 is 1.30 bits per heavy atom. The summed E-state index contributed by atoms with van der Waals surface area (Å²) in [5.41, 5.74) is 9.90. The van der Waals surface area contributed by atoms with Crippen molar-refractivity contribution in [1.29, 1.82) is 0 Å². The zero-order chi connectivity index (χ0) is 22.2. The fourth-order valence-corrected chi connectivity index (χ4v) is 5.09. The van der Waals surface area contributed by atoms with Gasteiger partial charge in [0.25, 0.3) is 0 Å². The lowest BCUT2D eigenvalue weighted by Gasteiger charge is -2.29. The van der Waals surface area contributed by atoms with E-state index >= 15 is 0 Å². The number of aromatic nitrogens is 1. The summed E-state index contributed by atoms with van der Waals surface area (Å²) in [6.45, 7) is 3.04. The monoisotopic (exact) mass is 427 g/mol. The molecule has 5 aromatic rings. The summed E-state index contributed by atoms with van der Waals surface area (Å²) >= 11 is 0. The highest BCUT2D eigenvalue weighted by Gasteiger charge is 2.34. The van der Waals surface area contributed by atoms with Crippen LogP contribution in [-0.4, -0.2) is 4.57 Å². The highest BCUT2D eigenvalue weighted by molar-refractivity contribution is 5.85. The maximum absolute atomic E-state index is 6.71. The molecule has 0 radical (unpaired) electrons. The van der Waals surface area contributed by atoms with Gasteiger partial charge < -0.3 is 9.30 Å². The fraction of sp³-hybridized carbons (Fsp3) is 0.0968. The first kappa shape index (κ1) is 19.6. The first-order chi connectivity index (χ1) is 16.3. The molecular weight excluding hydrogens is 402 g/mol. The van der Waals surface area contributed by atoms with Gasteiger partial charge in [0.2, 0.25) is 0 Å². The van der Waals surface area contributed by atoms with Crippen LogP contribution in [0.25, 0.3) is 22.4 Å². The number of ether oxygens (including phenoxy) is 1. The molecule has 1 atom stereocenters. The molecule has 0 bridgehead atoms. The lowest BCUT2D eigenvalue weighted by molar-refractivity contribution is 0.234. The van der Waals surface area contributed by atoms with E-state index in [1.54, 1.807) is 0 Å². The maximum atomic E-state index is 6.71. The van der Waals surface area contributed by atoms with E-state index in [0.29, 0.717) is 0 Å². The zero-order valence-electron chi connectivity index (χ0n) is 18.6. The number of para-hydroxylation sites is 1. The molecule has 4 aromatic carbocycles. The minimum atomic E-state index is -0.170. The van der Waals surface area contributed by atoms with E-state index in [1.807, 2.05) is 0 Å². The number of fused-ring (bicyclic) bond motifs is 3. The number of nitrogens with zero attached hydrogens (tertiary/aromatic N) is 1. The molecule has 0 saturated carbocycles. The molecule has 33 heavy (non-hydrogen) atoms. The molecule has 1 aliphatic rings. The van der Waals surface area contributed by atoms with Crippen molar-refractivity contribution in [2.45, 2.75) is 19.6 Å². The van der Waals surface area contributed by atoms with Gasteiger partial charge >= 0.3 is 0 Å². The van der Waals surface area contributed by atoms with Crippen LogP contribution in [0.4, 0.5) is 0 Å². The molecule has 1 aliphatic heterocycles. The van der Waals surface area contributed by atoms with E-state index in [9.17, 15) is 0 Å². The molecule has 0 saturated heterocycles. The average Bonchev–Trinajstić information content (AvgIpc) is 3.17. The van der Waals surface area contributed by atoms with E-state index in [-0.39, 0.29) is 6.10 Å². The second-order valence-corrected chi connectivity index (χ2v) is 8.58. The third kappa shape index (κ3) is 3.35. The van der Waals surface area contributed by atoms with Crippen molar-refractivity contribution >= 4 is 0 Å². The van der Waals surface area contributed by atoms with Crippen LogP contribution in [-0.2, 0) is 6.54 Å². The van der Waals surface area contributed by atoms with E-state index < -0.39 is 0 Å². The van der Waals surface area contributed by atoms with Crippen LogP contribution < -0.4 is 4.74 Å². The highest BCUT2D eigenvalue weighted by Crippen LogP contribution is 2.50. The number of benzene rings is 4. The van der Waals surface area contributed by atoms with Gasteiger partial charge in [-0.15, -0.1) is 0 Å². The van der Waals surface area contributed by atoms with Crippen LogP contribution in [0.3, 0.4) is 0 Å². The third-order valence-electron chi connectivity index (χ3n) is 6.53. The Kier molecular flexibility index (Phi) is 4.84. The Labute approximate surface area is 194 Å². The quantitative estimate of drug-likeness (QED) is 0.287. The van der Waals surface area contributed by atoms with Gasteiger partial charge in [-0.1, -0.05) is 109 Å². The van der Waals surface area contributed by atoms with Gasteiger partial charge in [0.15, 0.2) is 6.10 Å². The van der Waals surface area contributed by atoms with Gasteiger partial charge in [0.1, 0.15) is 5.75 Å². The second kappa shape index (κ2) is 8.14. The van der Waals surface area contributed by atoms with Gasteiger partial charge in [0, 0.05) is 17.7 Å². The van der Waals surface area contributed by atoms with Gasteiger partial charge in [-0.2, -0.15) is 0 Å². The van der Waals surface area contributed by atoms with Gasteiger partial charge in [-0.05, 0) is 35.2 Å². The molecule has 0 fully saturated rings. The highest BCUT2D eigenvalue weighted by atomic mass is 16.5. The average molecular weight is 428 g/mol. The Morgan fingerprint density at radius 3 is 2.03 bits per heavy atom. The maximum Gasteiger partial charge on any atom is 0.164 e. The molecule has 0 spiro atoms. The molecule has 0 N–H and O–H groups in total. The lowest BCUT2D eigenvalue weighted by atomic mass is 9.92. The molecule has 2 heterocycles. The summed E-state index contributed by atoms with van der Waals surface area (Å²) in [4.78, 5) is 0. The van der Waals surface area contributed by atoms with Crippen LogP contribution in [0.2, 0.25) is 0 Å². The van der Waals surface area contributed by atoms with Crippen LogP contribution in [0.5, 0.6) is 5.75 Å². The van der Waals surface area contributed by atoms with Crippen molar-refractivity contribution < 1.29 is 4.74 Å². The smallest absolute Gasteiger partial charge is 0.164 e. The minimum absolute atomic E-state index is 0.170. The standard InChI is InChI=1S/C31H25NO/c1-22-28-26-19-11-12-20-27(26)33-31(25-17-9-4-10-18-25)30(28)32(21-23-13-5-2-6-14-23)29(22)24-15-7-3-8-16-24/h2-20,31H,21H2,1H3/t31-/m0/s1. The Bertz CT molecular complexity index is 1400. The van der Waals surface area contributed by atoms with Crippen molar-refractivity contribution in [2.24, 2.45) is 0 Å². The Morgan fingerprint density at radius 1 is 0.697 bits per heavy atom. The first-order valence-electron chi connectivity index (χ1n) is 11.4. The van der Waals surface area contributed by atoms with E-state index in [4.69, 9.17) is 4.74 Å². The Balaban J connectivity index is 1.68. The van der Waals surface area contributed by atoms with E-state index in [1.165, 1.54) is 44.8 Å². The summed E-state index contributed by atoms with van der Waals surface area (Å²) in [5, 5.41) is 0. The van der Waals surface area contributed by atoms with Gasteiger partial charge in [-0.25, -0.2) is 0 Å². The summed E-state index contributed by atoms with van der Waals surface area (Å²) < 4.78 is 9.18. The van der Waals surface area contributed by atoms with Crippen LogP contribution in [0.15, 0.2) is 115 Å². The van der Waals surface area contributed by atoms with Crippen molar-refractivity contribution in [2.75, 3.05) is 0 Å². The van der Waals surface area contributed by atoms with Crippen LogP contribution >= 0.6 is 0 Å². The van der Waals surface area contributed by atoms with Crippen molar-refractivity contribution in [3.8, 4) is 28.1 Å².